The minimum absolute atomic E-state index is 0.131. The molecule has 2 aromatic heterocycles. The van der Waals surface area contributed by atoms with E-state index in [4.69, 9.17) is 13.9 Å². The van der Waals surface area contributed by atoms with Gasteiger partial charge in [-0.05, 0) is 93.4 Å². The number of amides is 1. The normalized spacial score (nSPS) is 12.0. The fourth-order valence-corrected chi connectivity index (χ4v) is 3.70. The van der Waals surface area contributed by atoms with Crippen LogP contribution < -0.4 is 14.9 Å². The Bertz CT molecular complexity index is 1320. The average molecular weight is 486 g/mol. The monoisotopic (exact) mass is 485 g/mol. The molecule has 0 radical (unpaired) electrons. The quantitative estimate of drug-likeness (QED) is 0.214. The predicted molar refractivity (Wildman–Crippen MR) is 140 cm³/mol. The zero-order valence-electron chi connectivity index (χ0n) is 21.0. The van der Waals surface area contributed by atoms with Gasteiger partial charge in [0.05, 0.1) is 12.3 Å². The number of rotatable bonds is 10. The van der Waals surface area contributed by atoms with Crippen molar-refractivity contribution in [2.75, 3.05) is 0 Å². The van der Waals surface area contributed by atoms with Crippen molar-refractivity contribution in [3.8, 4) is 17.2 Å². The Morgan fingerprint density at radius 2 is 1.78 bits per heavy atom. The number of hydrazone groups is 1. The van der Waals surface area contributed by atoms with Gasteiger partial charge in [-0.25, -0.2) is 5.43 Å². The molecule has 0 bridgehead atoms. The minimum Gasteiger partial charge on any atom is -0.491 e. The van der Waals surface area contributed by atoms with Crippen LogP contribution in [0.25, 0.3) is 5.69 Å². The van der Waals surface area contributed by atoms with Crippen LogP contribution in [0.2, 0.25) is 0 Å². The molecule has 7 nitrogen and oxygen atoms in total. The van der Waals surface area contributed by atoms with E-state index in [1.54, 1.807) is 18.3 Å². The largest absolute Gasteiger partial charge is 0.491 e. The van der Waals surface area contributed by atoms with Crippen molar-refractivity contribution in [2.45, 2.75) is 46.8 Å². The molecule has 2 heterocycles. The first-order chi connectivity index (χ1) is 17.4. The molecule has 1 N–H and O–H groups in total. The highest BCUT2D eigenvalue weighted by Crippen LogP contribution is 2.21. The van der Waals surface area contributed by atoms with E-state index in [1.807, 2.05) is 55.5 Å². The first-order valence-electron chi connectivity index (χ1n) is 12.0. The van der Waals surface area contributed by atoms with Gasteiger partial charge in [0.1, 0.15) is 23.9 Å². The second-order valence-corrected chi connectivity index (χ2v) is 8.61. The lowest BCUT2D eigenvalue weighted by Gasteiger charge is -2.12. The fourth-order valence-electron chi connectivity index (χ4n) is 3.70. The lowest BCUT2D eigenvalue weighted by molar-refractivity contribution is 0.0923. The average Bonchev–Trinajstić information content (AvgIpc) is 3.49. The maximum absolute atomic E-state index is 12.4. The van der Waals surface area contributed by atoms with Gasteiger partial charge >= 0.3 is 5.91 Å². The molecule has 0 aliphatic rings. The first-order valence-corrected chi connectivity index (χ1v) is 12.0. The second-order valence-electron chi connectivity index (χ2n) is 8.61. The van der Waals surface area contributed by atoms with E-state index in [-0.39, 0.29) is 18.5 Å². The van der Waals surface area contributed by atoms with Crippen molar-refractivity contribution in [3.63, 3.8) is 0 Å². The summed E-state index contributed by atoms with van der Waals surface area (Å²) in [6.07, 6.45) is 2.62. The summed E-state index contributed by atoms with van der Waals surface area (Å²) in [5.74, 6) is 1.74. The van der Waals surface area contributed by atoms with Crippen LogP contribution in [0.5, 0.6) is 11.5 Å². The van der Waals surface area contributed by atoms with Gasteiger partial charge in [-0.1, -0.05) is 19.1 Å². The van der Waals surface area contributed by atoms with Gasteiger partial charge in [-0.15, -0.1) is 0 Å². The second kappa shape index (κ2) is 11.4. The van der Waals surface area contributed by atoms with Crippen molar-refractivity contribution >= 4 is 12.1 Å². The highest BCUT2D eigenvalue weighted by molar-refractivity contribution is 5.92. The van der Waals surface area contributed by atoms with Gasteiger partial charge in [-0.2, -0.15) is 5.10 Å². The Morgan fingerprint density at radius 1 is 1.03 bits per heavy atom. The summed E-state index contributed by atoms with van der Waals surface area (Å²) in [5, 5.41) is 4.03. The molecule has 7 heteroatoms. The van der Waals surface area contributed by atoms with Gasteiger partial charge in [0.15, 0.2) is 5.76 Å². The number of hydrogen-bond donors (Lipinski definition) is 1. The zero-order valence-corrected chi connectivity index (χ0v) is 21.0. The van der Waals surface area contributed by atoms with Crippen LogP contribution >= 0.6 is 0 Å². The van der Waals surface area contributed by atoms with E-state index in [2.05, 4.69) is 48.0 Å². The predicted octanol–water partition coefficient (Wildman–Crippen LogP) is 6.21. The van der Waals surface area contributed by atoms with Crippen LogP contribution in [0.3, 0.4) is 0 Å². The number of hydrogen-bond acceptors (Lipinski definition) is 5. The molecule has 36 heavy (non-hydrogen) atoms. The van der Waals surface area contributed by atoms with E-state index in [9.17, 15) is 4.79 Å². The molecule has 0 unspecified atom stereocenters. The molecule has 0 aliphatic heterocycles. The molecule has 0 saturated carbocycles. The number of aryl methyl sites for hydroxylation is 2. The molecular weight excluding hydrogens is 454 g/mol. The lowest BCUT2D eigenvalue weighted by Crippen LogP contribution is -2.16. The molecule has 0 aliphatic carbocycles. The summed E-state index contributed by atoms with van der Waals surface area (Å²) in [6.45, 7) is 8.46. The highest BCUT2D eigenvalue weighted by atomic mass is 16.5. The van der Waals surface area contributed by atoms with Crippen molar-refractivity contribution < 1.29 is 18.7 Å². The molecule has 0 saturated heterocycles. The fraction of sp³-hybridized carbons (Fsp3) is 0.241. The standard InChI is InChI=1S/C29H31N3O4/c1-5-22(4)35-26-8-6-7-23(17-26)18-30-31-29(33)28-16-15-27(36-28)19-34-25-13-11-24(12-14-25)32-20(2)9-10-21(32)3/h6-18,22H,5,19H2,1-4H3,(H,31,33)/b30-18+/t22-/m1/s1. The summed E-state index contributed by atoms with van der Waals surface area (Å²) < 4.78 is 19.4. The Hall–Kier alpha value is -4.26. The summed E-state index contributed by atoms with van der Waals surface area (Å²) in [5.41, 5.74) is 6.74. The molecule has 1 amide bonds. The van der Waals surface area contributed by atoms with E-state index in [0.717, 1.165) is 23.4 Å². The first kappa shape index (κ1) is 24.9. The van der Waals surface area contributed by atoms with E-state index in [0.29, 0.717) is 11.5 Å². The maximum atomic E-state index is 12.4. The minimum atomic E-state index is -0.439. The number of carbonyl (C=O) groups excluding carboxylic acids is 1. The molecule has 1 atom stereocenters. The van der Waals surface area contributed by atoms with E-state index < -0.39 is 5.91 Å². The number of benzene rings is 2. The Morgan fingerprint density at radius 3 is 2.50 bits per heavy atom. The smallest absolute Gasteiger partial charge is 0.307 e. The number of carbonyl (C=O) groups is 1. The van der Waals surface area contributed by atoms with E-state index >= 15 is 0 Å². The highest BCUT2D eigenvalue weighted by Gasteiger charge is 2.11. The van der Waals surface area contributed by atoms with Crippen LogP contribution in [-0.2, 0) is 6.61 Å². The number of aromatic nitrogens is 1. The molecule has 0 fully saturated rings. The summed E-state index contributed by atoms with van der Waals surface area (Å²) in [4.78, 5) is 12.4. The number of furan rings is 1. The molecule has 4 rings (SSSR count). The topological polar surface area (TPSA) is 78.0 Å². The SMILES string of the molecule is CC[C@@H](C)Oc1cccc(/C=N/NC(=O)c2ccc(COc3ccc(-n4c(C)ccc4C)cc3)o2)c1. The number of nitrogens with one attached hydrogen (secondary N) is 1. The molecule has 186 valence electrons. The molecule has 0 spiro atoms. The molecule has 2 aromatic carbocycles. The van der Waals surface area contributed by atoms with Crippen LogP contribution in [0.15, 0.2) is 82.3 Å². The van der Waals surface area contributed by atoms with E-state index in [1.165, 1.54) is 11.4 Å². The number of nitrogens with zero attached hydrogens (tertiary/aromatic N) is 2. The third-order valence-corrected chi connectivity index (χ3v) is 5.78. The summed E-state index contributed by atoms with van der Waals surface area (Å²) in [6, 6.07) is 22.9. The Labute approximate surface area is 211 Å². The van der Waals surface area contributed by atoms with Crippen LogP contribution in [0.1, 0.15) is 53.5 Å². The van der Waals surface area contributed by atoms with Gasteiger partial charge in [0.25, 0.3) is 0 Å². The van der Waals surface area contributed by atoms with Gasteiger partial charge in [0, 0.05) is 17.1 Å². The maximum Gasteiger partial charge on any atom is 0.307 e. The van der Waals surface area contributed by atoms with Crippen LogP contribution in [-0.4, -0.2) is 22.8 Å². The number of ether oxygens (including phenoxy) is 2. The van der Waals surface area contributed by atoms with Gasteiger partial charge < -0.3 is 18.5 Å². The Kier molecular flexibility index (Phi) is 7.90. The summed E-state index contributed by atoms with van der Waals surface area (Å²) in [7, 11) is 0. The Balaban J connectivity index is 1.29. The molecular formula is C29H31N3O4. The van der Waals surface area contributed by atoms with Crippen LogP contribution in [0.4, 0.5) is 0 Å². The van der Waals surface area contributed by atoms with Gasteiger partial charge in [0.2, 0.25) is 0 Å². The summed E-state index contributed by atoms with van der Waals surface area (Å²) >= 11 is 0. The zero-order chi connectivity index (χ0) is 25.5. The third-order valence-electron chi connectivity index (χ3n) is 5.78. The van der Waals surface area contributed by atoms with Crippen molar-refractivity contribution in [1.82, 2.24) is 9.99 Å². The molecule has 4 aromatic rings. The lowest BCUT2D eigenvalue weighted by atomic mass is 10.2. The third kappa shape index (κ3) is 6.24. The van der Waals surface area contributed by atoms with Crippen molar-refractivity contribution in [1.29, 1.82) is 0 Å². The van der Waals surface area contributed by atoms with Crippen LogP contribution in [0, 0.1) is 13.8 Å². The van der Waals surface area contributed by atoms with Crippen molar-refractivity contribution in [2.24, 2.45) is 5.10 Å². The van der Waals surface area contributed by atoms with Crippen molar-refractivity contribution in [3.05, 3.63) is 101 Å². The van der Waals surface area contributed by atoms with Gasteiger partial charge in [-0.3, -0.25) is 4.79 Å².